The number of benzene rings is 1. The van der Waals surface area contributed by atoms with E-state index in [-0.39, 0.29) is 48.9 Å². The Kier molecular flexibility index (Phi) is 6.33. The van der Waals surface area contributed by atoms with E-state index in [0.29, 0.717) is 21.7 Å². The standard InChI is InChI=1S/C22H21F3N6O4/c1-35-17-10-12(2-5-16(17)32)14-3-4-15-19(28-14)29-18(11-27-15)31(21(26)34)13-6-8-30(9-7-13)20(33)22(23,24)25/h2-5,10-11,13,32H,6-9H2,1H3,(H2,26,34). The van der Waals surface area contributed by atoms with Crippen molar-refractivity contribution in [1.29, 1.82) is 0 Å². The number of alkyl halides is 3. The van der Waals surface area contributed by atoms with Gasteiger partial charge in [-0.05, 0) is 43.2 Å². The van der Waals surface area contributed by atoms with Crippen LogP contribution in [0.1, 0.15) is 12.8 Å². The Labute approximate surface area is 197 Å². The molecule has 3 N–H and O–H groups in total. The number of phenolic OH excluding ortho intramolecular Hbond substituents is 1. The van der Waals surface area contributed by atoms with Gasteiger partial charge in [-0.15, -0.1) is 0 Å². The fourth-order valence-corrected chi connectivity index (χ4v) is 3.99. The largest absolute Gasteiger partial charge is 0.504 e. The summed E-state index contributed by atoms with van der Waals surface area (Å²) in [6.45, 7) is -0.363. The molecule has 184 valence electrons. The Morgan fingerprint density at radius 3 is 2.51 bits per heavy atom. The average Bonchev–Trinajstić information content (AvgIpc) is 2.83. The molecule has 0 radical (unpaired) electrons. The van der Waals surface area contributed by atoms with E-state index in [1.54, 1.807) is 24.3 Å². The lowest BCUT2D eigenvalue weighted by atomic mass is 10.0. The van der Waals surface area contributed by atoms with Crippen LogP contribution in [0.2, 0.25) is 0 Å². The predicted molar refractivity (Wildman–Crippen MR) is 119 cm³/mol. The van der Waals surface area contributed by atoms with Gasteiger partial charge in [0, 0.05) is 24.7 Å². The molecule has 1 aromatic carbocycles. The van der Waals surface area contributed by atoms with Crippen LogP contribution in [-0.4, -0.2) is 69.3 Å². The van der Waals surface area contributed by atoms with E-state index >= 15 is 0 Å². The number of hydrogen-bond acceptors (Lipinski definition) is 7. The summed E-state index contributed by atoms with van der Waals surface area (Å²) in [6, 6.07) is 6.69. The first-order valence-electron chi connectivity index (χ1n) is 10.5. The van der Waals surface area contributed by atoms with Gasteiger partial charge in [0.2, 0.25) is 0 Å². The first-order valence-corrected chi connectivity index (χ1v) is 10.5. The molecule has 13 heteroatoms. The number of amides is 3. The van der Waals surface area contributed by atoms with Gasteiger partial charge in [0.05, 0.1) is 19.0 Å². The van der Waals surface area contributed by atoms with Gasteiger partial charge in [-0.3, -0.25) is 9.69 Å². The molecule has 1 aliphatic rings. The van der Waals surface area contributed by atoms with E-state index in [1.165, 1.54) is 24.3 Å². The van der Waals surface area contributed by atoms with Crippen LogP contribution < -0.4 is 15.4 Å². The second-order valence-electron chi connectivity index (χ2n) is 7.88. The minimum Gasteiger partial charge on any atom is -0.504 e. The third kappa shape index (κ3) is 4.88. The highest BCUT2D eigenvalue weighted by molar-refractivity contribution is 5.91. The summed E-state index contributed by atoms with van der Waals surface area (Å²) in [6.07, 6.45) is -3.44. The zero-order chi connectivity index (χ0) is 25.3. The summed E-state index contributed by atoms with van der Waals surface area (Å²) in [5, 5.41) is 9.82. The number of aromatic nitrogens is 3. The molecule has 10 nitrogen and oxygen atoms in total. The number of likely N-dealkylation sites (tertiary alicyclic amines) is 1. The highest BCUT2D eigenvalue weighted by Crippen LogP contribution is 2.31. The van der Waals surface area contributed by atoms with Gasteiger partial charge in [-0.25, -0.2) is 19.7 Å². The molecule has 1 aliphatic heterocycles. The van der Waals surface area contributed by atoms with Crippen LogP contribution in [0.25, 0.3) is 22.4 Å². The van der Waals surface area contributed by atoms with Crippen LogP contribution in [0.15, 0.2) is 36.5 Å². The number of carbonyl (C=O) groups is 2. The summed E-state index contributed by atoms with van der Waals surface area (Å²) in [5.41, 5.74) is 7.38. The van der Waals surface area contributed by atoms with E-state index in [4.69, 9.17) is 10.5 Å². The predicted octanol–water partition coefficient (Wildman–Crippen LogP) is 2.84. The summed E-state index contributed by atoms with van der Waals surface area (Å²) < 4.78 is 43.3. The van der Waals surface area contributed by atoms with Crippen molar-refractivity contribution in [1.82, 2.24) is 19.9 Å². The number of fused-ring (bicyclic) bond motifs is 1. The molecule has 0 aliphatic carbocycles. The number of nitrogens with zero attached hydrogens (tertiary/aromatic N) is 5. The number of hydrogen-bond donors (Lipinski definition) is 2. The molecule has 1 fully saturated rings. The number of phenols is 1. The molecule has 0 unspecified atom stereocenters. The minimum absolute atomic E-state index is 0.0285. The molecule has 0 atom stereocenters. The monoisotopic (exact) mass is 490 g/mol. The summed E-state index contributed by atoms with van der Waals surface area (Å²) in [5.74, 6) is -1.58. The number of carbonyl (C=O) groups excluding carboxylic acids is 2. The second kappa shape index (κ2) is 9.24. The summed E-state index contributed by atoms with van der Waals surface area (Å²) >= 11 is 0. The molecule has 4 rings (SSSR count). The summed E-state index contributed by atoms with van der Waals surface area (Å²) in [7, 11) is 1.42. The first kappa shape index (κ1) is 24.0. The first-order chi connectivity index (χ1) is 16.6. The second-order valence-corrected chi connectivity index (χ2v) is 7.88. The number of pyridine rings is 1. The van der Waals surface area contributed by atoms with Crippen LogP contribution in [-0.2, 0) is 4.79 Å². The highest BCUT2D eigenvalue weighted by Gasteiger charge is 2.44. The molecule has 0 spiro atoms. The number of anilines is 1. The number of aromatic hydroxyl groups is 1. The van der Waals surface area contributed by atoms with Gasteiger partial charge in [-0.2, -0.15) is 13.2 Å². The number of urea groups is 1. The van der Waals surface area contributed by atoms with E-state index in [9.17, 15) is 27.9 Å². The maximum atomic E-state index is 12.7. The minimum atomic E-state index is -4.95. The molecule has 35 heavy (non-hydrogen) atoms. The van der Waals surface area contributed by atoms with Gasteiger partial charge < -0.3 is 20.5 Å². The van der Waals surface area contributed by atoms with Crippen molar-refractivity contribution in [3.05, 3.63) is 36.5 Å². The van der Waals surface area contributed by atoms with Crippen LogP contribution in [0.5, 0.6) is 11.5 Å². The Morgan fingerprint density at radius 2 is 1.89 bits per heavy atom. The van der Waals surface area contributed by atoms with Crippen molar-refractivity contribution < 1.29 is 32.6 Å². The van der Waals surface area contributed by atoms with Gasteiger partial charge in [0.1, 0.15) is 5.52 Å². The third-order valence-electron chi connectivity index (χ3n) is 5.71. The molecule has 0 bridgehead atoms. The highest BCUT2D eigenvalue weighted by atomic mass is 19.4. The van der Waals surface area contributed by atoms with Crippen molar-refractivity contribution in [2.45, 2.75) is 25.1 Å². The van der Waals surface area contributed by atoms with E-state index in [2.05, 4.69) is 15.0 Å². The maximum Gasteiger partial charge on any atom is 0.471 e. The van der Waals surface area contributed by atoms with Crippen LogP contribution >= 0.6 is 0 Å². The molecule has 2 aromatic heterocycles. The molecule has 1 saturated heterocycles. The number of piperidine rings is 1. The maximum absolute atomic E-state index is 12.7. The van der Waals surface area contributed by atoms with E-state index in [1.807, 2.05) is 0 Å². The van der Waals surface area contributed by atoms with Gasteiger partial charge in [0.25, 0.3) is 0 Å². The number of ether oxygens (including phenoxy) is 1. The lowest BCUT2D eigenvalue weighted by Crippen LogP contribution is -2.53. The molecule has 3 heterocycles. The average molecular weight is 490 g/mol. The Hall–Kier alpha value is -4.16. The van der Waals surface area contributed by atoms with Crippen molar-refractivity contribution in [3.8, 4) is 22.8 Å². The van der Waals surface area contributed by atoms with Gasteiger partial charge >= 0.3 is 18.1 Å². The van der Waals surface area contributed by atoms with Crippen molar-refractivity contribution in [2.75, 3.05) is 25.1 Å². The molecule has 3 amide bonds. The SMILES string of the molecule is COc1cc(-c2ccc3ncc(N(C(N)=O)C4CCN(C(=O)C(F)(F)F)CC4)nc3n2)ccc1O. The quantitative estimate of drug-likeness (QED) is 0.574. The zero-order valence-corrected chi connectivity index (χ0v) is 18.5. The Balaban J connectivity index is 1.61. The molecule has 3 aromatic rings. The lowest BCUT2D eigenvalue weighted by molar-refractivity contribution is -0.186. The molecule has 0 saturated carbocycles. The van der Waals surface area contributed by atoms with Crippen LogP contribution in [0, 0.1) is 0 Å². The summed E-state index contributed by atoms with van der Waals surface area (Å²) in [4.78, 5) is 38.8. The number of nitrogens with two attached hydrogens (primary N) is 1. The van der Waals surface area contributed by atoms with E-state index in [0.717, 1.165) is 0 Å². The normalized spacial score (nSPS) is 14.7. The lowest BCUT2D eigenvalue weighted by Gasteiger charge is -2.37. The Morgan fingerprint density at radius 1 is 1.17 bits per heavy atom. The van der Waals surface area contributed by atoms with Crippen molar-refractivity contribution >= 4 is 28.9 Å². The fourth-order valence-electron chi connectivity index (χ4n) is 3.99. The third-order valence-corrected chi connectivity index (χ3v) is 5.71. The number of rotatable bonds is 4. The number of primary amides is 1. The van der Waals surface area contributed by atoms with Crippen LogP contribution in [0.3, 0.4) is 0 Å². The Bertz CT molecular complexity index is 1280. The number of halogens is 3. The van der Waals surface area contributed by atoms with Crippen molar-refractivity contribution in [2.24, 2.45) is 5.73 Å². The fraction of sp³-hybridized carbons (Fsp3) is 0.318. The zero-order valence-electron chi connectivity index (χ0n) is 18.5. The number of methoxy groups -OCH3 is 1. The molecular formula is C22H21F3N6O4. The van der Waals surface area contributed by atoms with E-state index < -0.39 is 24.2 Å². The smallest absolute Gasteiger partial charge is 0.471 e. The van der Waals surface area contributed by atoms with Gasteiger partial charge in [0.15, 0.2) is 23.0 Å². The van der Waals surface area contributed by atoms with Gasteiger partial charge in [-0.1, -0.05) is 0 Å². The van der Waals surface area contributed by atoms with Crippen LogP contribution in [0.4, 0.5) is 23.8 Å². The topological polar surface area (TPSA) is 135 Å². The van der Waals surface area contributed by atoms with Crippen molar-refractivity contribution in [3.63, 3.8) is 0 Å². The molecular weight excluding hydrogens is 469 g/mol.